The summed E-state index contributed by atoms with van der Waals surface area (Å²) in [6.07, 6.45) is 5.57. The summed E-state index contributed by atoms with van der Waals surface area (Å²) in [5.41, 5.74) is 2.66. The number of imidazole rings is 1. The zero-order valence-electron chi connectivity index (χ0n) is 7.23. The van der Waals surface area contributed by atoms with Gasteiger partial charge in [0.1, 0.15) is 0 Å². The minimum atomic E-state index is 0.330. The molecule has 0 aliphatic heterocycles. The second kappa shape index (κ2) is 2.87. The van der Waals surface area contributed by atoms with Gasteiger partial charge in [0.2, 0.25) is 0 Å². The van der Waals surface area contributed by atoms with Crippen molar-refractivity contribution in [2.45, 2.75) is 13.3 Å². The molecule has 0 radical (unpaired) electrons. The lowest BCUT2D eigenvalue weighted by Crippen LogP contribution is -1.94. The van der Waals surface area contributed by atoms with Crippen LogP contribution in [0, 0.1) is 18.3 Å². The molecule has 0 unspecified atom stereocenters. The van der Waals surface area contributed by atoms with Crippen LogP contribution in [0.1, 0.15) is 11.4 Å². The van der Waals surface area contributed by atoms with Crippen LogP contribution >= 0.6 is 0 Å². The zero-order valence-corrected chi connectivity index (χ0v) is 7.23. The minimum absolute atomic E-state index is 0.330. The van der Waals surface area contributed by atoms with Crippen LogP contribution in [0.5, 0.6) is 0 Å². The van der Waals surface area contributed by atoms with Gasteiger partial charge in [0.05, 0.1) is 35.7 Å². The smallest absolute Gasteiger partial charge is 0.0996 e. The van der Waals surface area contributed by atoms with Crippen molar-refractivity contribution >= 4 is 5.52 Å². The van der Waals surface area contributed by atoms with Crippen LogP contribution < -0.4 is 0 Å². The molecule has 2 aromatic heterocycles. The molecule has 0 saturated carbocycles. The Morgan fingerprint density at radius 3 is 3.15 bits per heavy atom. The van der Waals surface area contributed by atoms with Crippen molar-refractivity contribution in [2.75, 3.05) is 0 Å². The van der Waals surface area contributed by atoms with E-state index in [1.54, 1.807) is 12.5 Å². The molecule has 0 amide bonds. The number of rotatable bonds is 1. The zero-order chi connectivity index (χ0) is 9.26. The van der Waals surface area contributed by atoms with Crippen LogP contribution in [-0.4, -0.2) is 14.4 Å². The van der Waals surface area contributed by atoms with E-state index in [4.69, 9.17) is 5.26 Å². The first kappa shape index (κ1) is 7.74. The average Bonchev–Trinajstić information content (AvgIpc) is 2.50. The topological polar surface area (TPSA) is 54.0 Å². The monoisotopic (exact) mass is 172 g/mol. The molecular formula is C9H8N4. The van der Waals surface area contributed by atoms with Gasteiger partial charge in [-0.3, -0.25) is 4.98 Å². The summed E-state index contributed by atoms with van der Waals surface area (Å²) >= 11 is 0. The van der Waals surface area contributed by atoms with E-state index in [1.165, 1.54) is 0 Å². The first-order valence-corrected chi connectivity index (χ1v) is 3.97. The fourth-order valence-electron chi connectivity index (χ4n) is 1.39. The van der Waals surface area contributed by atoms with Crippen molar-refractivity contribution in [1.82, 2.24) is 14.4 Å². The number of aryl methyl sites for hydroxylation is 1. The highest BCUT2D eigenvalue weighted by Gasteiger charge is 2.05. The molecule has 0 atom stereocenters. The molecule has 2 aromatic rings. The summed E-state index contributed by atoms with van der Waals surface area (Å²) in [4.78, 5) is 8.30. The summed E-state index contributed by atoms with van der Waals surface area (Å²) < 4.78 is 1.88. The van der Waals surface area contributed by atoms with Crippen LogP contribution in [0.3, 0.4) is 0 Å². The van der Waals surface area contributed by atoms with Gasteiger partial charge in [-0.25, -0.2) is 4.98 Å². The van der Waals surface area contributed by atoms with Gasteiger partial charge in [0.25, 0.3) is 0 Å². The predicted molar refractivity (Wildman–Crippen MR) is 47.0 cm³/mol. The molecule has 0 aliphatic rings. The molecule has 2 heterocycles. The van der Waals surface area contributed by atoms with Crippen LogP contribution in [0.4, 0.5) is 0 Å². The molecule has 0 aromatic carbocycles. The standard InChI is InChI=1S/C9H8N4/c1-7-9-8(2-3-10)11-4-5-13(9)6-12-7/h4-6H,2H2,1H3. The summed E-state index contributed by atoms with van der Waals surface area (Å²) in [5, 5.41) is 8.59. The maximum atomic E-state index is 8.59. The van der Waals surface area contributed by atoms with E-state index in [1.807, 2.05) is 17.5 Å². The largest absolute Gasteiger partial charge is 0.303 e. The van der Waals surface area contributed by atoms with Crippen LogP contribution in [-0.2, 0) is 6.42 Å². The van der Waals surface area contributed by atoms with Crippen LogP contribution in [0.15, 0.2) is 18.7 Å². The number of nitrogens with zero attached hydrogens (tertiary/aromatic N) is 4. The molecule has 0 fully saturated rings. The van der Waals surface area contributed by atoms with Gasteiger partial charge in [-0.15, -0.1) is 0 Å². The number of hydrogen-bond acceptors (Lipinski definition) is 3. The highest BCUT2D eigenvalue weighted by atomic mass is 15.0. The maximum absolute atomic E-state index is 8.59. The Kier molecular flexibility index (Phi) is 1.71. The van der Waals surface area contributed by atoms with Gasteiger partial charge in [-0.2, -0.15) is 5.26 Å². The molecule has 0 N–H and O–H groups in total. The van der Waals surface area contributed by atoms with Gasteiger partial charge >= 0.3 is 0 Å². The molecule has 4 nitrogen and oxygen atoms in total. The van der Waals surface area contributed by atoms with E-state index in [0.717, 1.165) is 16.9 Å². The molecule has 64 valence electrons. The lowest BCUT2D eigenvalue weighted by atomic mass is 10.2. The molecule has 0 saturated heterocycles. The van der Waals surface area contributed by atoms with Gasteiger partial charge < -0.3 is 4.40 Å². The Morgan fingerprint density at radius 1 is 1.54 bits per heavy atom. The Balaban J connectivity index is 2.74. The molecule has 4 heteroatoms. The maximum Gasteiger partial charge on any atom is 0.0996 e. The Labute approximate surface area is 75.5 Å². The summed E-state index contributed by atoms with van der Waals surface area (Å²) in [6, 6.07) is 2.09. The van der Waals surface area contributed by atoms with Crippen molar-refractivity contribution in [2.24, 2.45) is 0 Å². The van der Waals surface area contributed by atoms with E-state index in [9.17, 15) is 0 Å². The summed E-state index contributed by atoms with van der Waals surface area (Å²) in [6.45, 7) is 1.91. The van der Waals surface area contributed by atoms with Crippen molar-refractivity contribution < 1.29 is 0 Å². The average molecular weight is 172 g/mol. The van der Waals surface area contributed by atoms with E-state index in [0.29, 0.717) is 6.42 Å². The van der Waals surface area contributed by atoms with Gasteiger partial charge in [-0.1, -0.05) is 0 Å². The fourth-order valence-corrected chi connectivity index (χ4v) is 1.39. The first-order valence-electron chi connectivity index (χ1n) is 3.97. The van der Waals surface area contributed by atoms with Gasteiger partial charge in [0, 0.05) is 12.4 Å². The minimum Gasteiger partial charge on any atom is -0.303 e. The lowest BCUT2D eigenvalue weighted by Gasteiger charge is -1.98. The second-order valence-electron chi connectivity index (χ2n) is 2.79. The molecule has 0 spiro atoms. The normalized spacial score (nSPS) is 10.2. The Hall–Kier alpha value is -1.89. The predicted octanol–water partition coefficient (Wildman–Crippen LogP) is 1.10. The van der Waals surface area contributed by atoms with E-state index < -0.39 is 0 Å². The number of aromatic nitrogens is 3. The van der Waals surface area contributed by atoms with E-state index >= 15 is 0 Å². The second-order valence-corrected chi connectivity index (χ2v) is 2.79. The van der Waals surface area contributed by atoms with Crippen molar-refractivity contribution in [3.05, 3.63) is 30.1 Å². The number of nitriles is 1. The third kappa shape index (κ3) is 1.14. The van der Waals surface area contributed by atoms with Crippen molar-refractivity contribution in [3.63, 3.8) is 0 Å². The van der Waals surface area contributed by atoms with Crippen molar-refractivity contribution in [1.29, 1.82) is 5.26 Å². The Morgan fingerprint density at radius 2 is 2.38 bits per heavy atom. The lowest BCUT2D eigenvalue weighted by molar-refractivity contribution is 1.05. The fraction of sp³-hybridized carbons (Fsp3) is 0.222. The summed E-state index contributed by atoms with van der Waals surface area (Å²) in [5.74, 6) is 0. The number of fused-ring (bicyclic) bond motifs is 1. The Bertz CT molecular complexity index is 478. The van der Waals surface area contributed by atoms with Crippen LogP contribution in [0.2, 0.25) is 0 Å². The molecule has 2 rings (SSSR count). The quantitative estimate of drug-likeness (QED) is 0.647. The van der Waals surface area contributed by atoms with E-state index in [2.05, 4.69) is 16.0 Å². The van der Waals surface area contributed by atoms with Crippen LogP contribution in [0.25, 0.3) is 5.52 Å². The third-order valence-electron chi connectivity index (χ3n) is 1.95. The first-order chi connectivity index (χ1) is 6.33. The molecule has 13 heavy (non-hydrogen) atoms. The third-order valence-corrected chi connectivity index (χ3v) is 1.95. The molecule has 0 bridgehead atoms. The molecular weight excluding hydrogens is 164 g/mol. The highest BCUT2D eigenvalue weighted by Crippen LogP contribution is 2.11. The number of hydrogen-bond donors (Lipinski definition) is 0. The van der Waals surface area contributed by atoms with Gasteiger partial charge in [0.15, 0.2) is 0 Å². The van der Waals surface area contributed by atoms with Gasteiger partial charge in [-0.05, 0) is 6.92 Å². The van der Waals surface area contributed by atoms with Crippen molar-refractivity contribution in [3.8, 4) is 6.07 Å². The highest BCUT2D eigenvalue weighted by molar-refractivity contribution is 5.56. The van der Waals surface area contributed by atoms with E-state index in [-0.39, 0.29) is 0 Å². The summed E-state index contributed by atoms with van der Waals surface area (Å²) in [7, 11) is 0. The molecule has 0 aliphatic carbocycles. The SMILES string of the molecule is Cc1ncn2ccnc(CC#N)c12.